The van der Waals surface area contributed by atoms with E-state index in [1.807, 2.05) is 37.3 Å². The lowest BCUT2D eigenvalue weighted by Gasteiger charge is -2.16. The van der Waals surface area contributed by atoms with Crippen LogP contribution in [-0.4, -0.2) is 30.1 Å². The minimum absolute atomic E-state index is 0.0121. The Bertz CT molecular complexity index is 1810. The molecule has 0 atom stereocenters. The van der Waals surface area contributed by atoms with Crippen LogP contribution in [0.5, 0.6) is 5.75 Å². The Morgan fingerprint density at radius 3 is 2.38 bits per heavy atom. The zero-order valence-electron chi connectivity index (χ0n) is 19.8. The molecule has 10 heteroatoms. The Morgan fingerprint density at radius 1 is 0.919 bits per heavy atom. The zero-order chi connectivity index (χ0) is 26.2. The monoisotopic (exact) mass is 532 g/mol. The van der Waals surface area contributed by atoms with Crippen molar-refractivity contribution in [3.63, 3.8) is 0 Å². The summed E-state index contributed by atoms with van der Waals surface area (Å²) in [6, 6.07) is 20.4. The standard InChI is InChI=1S/C27H21ClN4O4S/c1-17-14-18(4-8-22(17)28)19-5-9-24(25(16-19)36-2)32-23-10-7-21(15-20(23)6-11-26(32)33)37(34,35)31-27-29-12-3-13-30-27/h3-16H,1-2H3,(H,29,30,31). The summed E-state index contributed by atoms with van der Waals surface area (Å²) in [6.07, 6.45) is 2.88. The van der Waals surface area contributed by atoms with Crippen molar-refractivity contribution in [3.05, 3.63) is 106 Å². The van der Waals surface area contributed by atoms with Crippen molar-refractivity contribution in [1.29, 1.82) is 0 Å². The molecular formula is C27H21ClN4O4S. The van der Waals surface area contributed by atoms with E-state index in [2.05, 4.69) is 14.7 Å². The van der Waals surface area contributed by atoms with Gasteiger partial charge in [0, 0.05) is 28.9 Å². The summed E-state index contributed by atoms with van der Waals surface area (Å²) < 4.78 is 35.3. The highest BCUT2D eigenvalue weighted by Gasteiger charge is 2.18. The number of methoxy groups -OCH3 is 1. The number of halogens is 1. The van der Waals surface area contributed by atoms with Gasteiger partial charge in [-0.2, -0.15) is 0 Å². The van der Waals surface area contributed by atoms with Gasteiger partial charge in [0.25, 0.3) is 15.6 Å². The third-order valence-electron chi connectivity index (χ3n) is 5.88. The number of fused-ring (bicyclic) bond motifs is 1. The molecule has 0 saturated heterocycles. The van der Waals surface area contributed by atoms with E-state index in [0.717, 1.165) is 16.7 Å². The number of aryl methyl sites for hydroxylation is 1. The Balaban J connectivity index is 1.59. The van der Waals surface area contributed by atoms with Crippen molar-refractivity contribution >= 4 is 38.5 Å². The van der Waals surface area contributed by atoms with E-state index >= 15 is 0 Å². The minimum atomic E-state index is -3.94. The van der Waals surface area contributed by atoms with E-state index in [1.54, 1.807) is 24.3 Å². The summed E-state index contributed by atoms with van der Waals surface area (Å²) in [5.41, 5.74) is 3.58. The number of nitrogens with zero attached hydrogens (tertiary/aromatic N) is 3. The minimum Gasteiger partial charge on any atom is -0.495 e. The van der Waals surface area contributed by atoms with Crippen molar-refractivity contribution in [3.8, 4) is 22.6 Å². The molecule has 0 unspecified atom stereocenters. The number of hydrogen-bond donors (Lipinski definition) is 1. The smallest absolute Gasteiger partial charge is 0.264 e. The summed E-state index contributed by atoms with van der Waals surface area (Å²) in [5, 5.41) is 1.23. The first-order valence-corrected chi connectivity index (χ1v) is 13.0. The second-order valence-corrected chi connectivity index (χ2v) is 10.3. The molecule has 3 aromatic carbocycles. The first kappa shape index (κ1) is 24.5. The zero-order valence-corrected chi connectivity index (χ0v) is 21.4. The van der Waals surface area contributed by atoms with E-state index in [1.165, 1.54) is 42.3 Å². The van der Waals surface area contributed by atoms with E-state index in [9.17, 15) is 13.2 Å². The third kappa shape index (κ3) is 4.78. The van der Waals surface area contributed by atoms with Crippen LogP contribution in [0.4, 0.5) is 5.95 Å². The molecule has 2 aromatic heterocycles. The largest absolute Gasteiger partial charge is 0.495 e. The van der Waals surface area contributed by atoms with Gasteiger partial charge in [0.1, 0.15) is 5.75 Å². The van der Waals surface area contributed by atoms with Crippen LogP contribution in [0.1, 0.15) is 5.56 Å². The van der Waals surface area contributed by atoms with Gasteiger partial charge in [-0.1, -0.05) is 23.7 Å². The van der Waals surface area contributed by atoms with Gasteiger partial charge in [-0.05, 0) is 78.2 Å². The van der Waals surface area contributed by atoms with E-state index in [4.69, 9.17) is 16.3 Å². The van der Waals surface area contributed by atoms with Crippen molar-refractivity contribution in [2.75, 3.05) is 11.8 Å². The first-order valence-electron chi connectivity index (χ1n) is 11.2. The lowest BCUT2D eigenvalue weighted by molar-refractivity contribution is 0.413. The number of nitrogens with one attached hydrogen (secondary N) is 1. The summed E-state index contributed by atoms with van der Waals surface area (Å²) in [7, 11) is -2.41. The van der Waals surface area contributed by atoms with Crippen molar-refractivity contribution in [2.45, 2.75) is 11.8 Å². The number of hydrogen-bond acceptors (Lipinski definition) is 6. The summed E-state index contributed by atoms with van der Waals surface area (Å²) in [4.78, 5) is 20.8. The average molecular weight is 533 g/mol. The van der Waals surface area contributed by atoms with Crippen LogP contribution in [0.15, 0.2) is 94.9 Å². The van der Waals surface area contributed by atoms with Crippen molar-refractivity contribution in [2.24, 2.45) is 0 Å². The van der Waals surface area contributed by atoms with Gasteiger partial charge < -0.3 is 4.74 Å². The third-order valence-corrected chi connectivity index (χ3v) is 7.63. The molecule has 0 fully saturated rings. The Kier molecular flexibility index (Phi) is 6.41. The lowest BCUT2D eigenvalue weighted by Crippen LogP contribution is -2.19. The van der Waals surface area contributed by atoms with Crippen molar-refractivity contribution in [1.82, 2.24) is 14.5 Å². The maximum absolute atomic E-state index is 13.0. The number of anilines is 1. The quantitative estimate of drug-likeness (QED) is 0.321. The molecule has 186 valence electrons. The fourth-order valence-electron chi connectivity index (χ4n) is 4.04. The highest BCUT2D eigenvalue weighted by molar-refractivity contribution is 7.92. The Morgan fingerprint density at radius 2 is 1.65 bits per heavy atom. The van der Waals surface area contributed by atoms with Crippen LogP contribution >= 0.6 is 11.6 Å². The number of aromatic nitrogens is 3. The Hall–Kier alpha value is -4.21. The van der Waals surface area contributed by atoms with Crippen LogP contribution in [0.25, 0.3) is 27.7 Å². The van der Waals surface area contributed by atoms with Crippen LogP contribution in [0, 0.1) is 6.92 Å². The molecule has 0 bridgehead atoms. The number of benzene rings is 3. The second kappa shape index (κ2) is 9.68. The average Bonchev–Trinajstić information content (AvgIpc) is 2.90. The maximum atomic E-state index is 13.0. The molecule has 0 radical (unpaired) electrons. The summed E-state index contributed by atoms with van der Waals surface area (Å²) >= 11 is 6.17. The number of pyridine rings is 1. The highest BCUT2D eigenvalue weighted by Crippen LogP contribution is 2.32. The van der Waals surface area contributed by atoms with Gasteiger partial charge in [0.2, 0.25) is 5.95 Å². The van der Waals surface area contributed by atoms with Gasteiger partial charge in [-0.25, -0.2) is 23.1 Å². The fraction of sp³-hybridized carbons (Fsp3) is 0.0741. The van der Waals surface area contributed by atoms with E-state index in [-0.39, 0.29) is 16.4 Å². The van der Waals surface area contributed by atoms with Gasteiger partial charge in [0.15, 0.2) is 0 Å². The number of ether oxygens (including phenoxy) is 1. The molecule has 0 saturated carbocycles. The van der Waals surface area contributed by atoms with Gasteiger partial charge in [0.05, 0.1) is 23.2 Å². The van der Waals surface area contributed by atoms with Gasteiger partial charge in [-0.15, -0.1) is 0 Å². The second-order valence-electron chi connectivity index (χ2n) is 8.26. The first-order chi connectivity index (χ1) is 17.8. The van der Waals surface area contributed by atoms with Crippen LogP contribution in [0.2, 0.25) is 5.02 Å². The van der Waals surface area contributed by atoms with Crippen LogP contribution in [0.3, 0.4) is 0 Å². The van der Waals surface area contributed by atoms with Crippen molar-refractivity contribution < 1.29 is 13.2 Å². The maximum Gasteiger partial charge on any atom is 0.264 e. The molecule has 37 heavy (non-hydrogen) atoms. The Labute approximate surface area is 218 Å². The molecule has 0 amide bonds. The fourth-order valence-corrected chi connectivity index (χ4v) is 5.15. The van der Waals surface area contributed by atoms with E-state index < -0.39 is 10.0 Å². The highest BCUT2D eigenvalue weighted by atomic mass is 35.5. The predicted molar refractivity (Wildman–Crippen MR) is 144 cm³/mol. The molecule has 1 N–H and O–H groups in total. The van der Waals surface area contributed by atoms with E-state index in [0.29, 0.717) is 27.4 Å². The number of sulfonamides is 1. The molecule has 2 heterocycles. The van der Waals surface area contributed by atoms with Crippen LogP contribution in [-0.2, 0) is 10.0 Å². The normalized spacial score (nSPS) is 11.4. The number of rotatable bonds is 6. The summed E-state index contributed by atoms with van der Waals surface area (Å²) in [5.74, 6) is 0.451. The molecular weight excluding hydrogens is 512 g/mol. The molecule has 0 aliphatic heterocycles. The molecule has 0 spiro atoms. The predicted octanol–water partition coefficient (Wildman–Crippen LogP) is 5.22. The molecule has 0 aliphatic carbocycles. The SMILES string of the molecule is COc1cc(-c2ccc(Cl)c(C)c2)ccc1-n1c(=O)ccc2cc(S(=O)(=O)Nc3ncccn3)ccc21. The molecule has 5 aromatic rings. The lowest BCUT2D eigenvalue weighted by atomic mass is 10.0. The molecule has 8 nitrogen and oxygen atoms in total. The topological polar surface area (TPSA) is 103 Å². The van der Waals surface area contributed by atoms with Gasteiger partial charge >= 0.3 is 0 Å². The molecule has 0 aliphatic rings. The van der Waals surface area contributed by atoms with Gasteiger partial charge in [-0.3, -0.25) is 9.36 Å². The molecule has 5 rings (SSSR count). The summed E-state index contributed by atoms with van der Waals surface area (Å²) in [6.45, 7) is 1.93. The van der Waals surface area contributed by atoms with Crippen LogP contribution < -0.4 is 15.0 Å².